The van der Waals surface area contributed by atoms with Gasteiger partial charge in [0.15, 0.2) is 0 Å². The molecular weight excluding hydrogens is 290 g/mol. The lowest BCUT2D eigenvalue weighted by atomic mass is 10.2. The highest BCUT2D eigenvalue weighted by molar-refractivity contribution is 5.29. The lowest BCUT2D eigenvalue weighted by Gasteiger charge is -2.33. The van der Waals surface area contributed by atoms with Crippen LogP contribution in [0, 0.1) is 0 Å². The van der Waals surface area contributed by atoms with E-state index in [0.29, 0.717) is 6.04 Å². The highest BCUT2D eigenvalue weighted by Crippen LogP contribution is 2.18. The number of hydrogen-bond acceptors (Lipinski definition) is 5. The lowest BCUT2D eigenvalue weighted by molar-refractivity contribution is 0.247. The van der Waals surface area contributed by atoms with Gasteiger partial charge in [0, 0.05) is 57.1 Å². The quantitative estimate of drug-likeness (QED) is 0.848. The zero-order valence-electron chi connectivity index (χ0n) is 14.6. The van der Waals surface area contributed by atoms with Crippen molar-refractivity contribution in [3.8, 4) is 0 Å². The summed E-state index contributed by atoms with van der Waals surface area (Å²) in [7, 11) is 0. The summed E-state index contributed by atoms with van der Waals surface area (Å²) in [5, 5.41) is 4.11. The maximum absolute atomic E-state index is 5.31. The van der Waals surface area contributed by atoms with Gasteiger partial charge in [-0.3, -0.25) is 4.90 Å². The Morgan fingerprint density at radius 3 is 2.43 bits per heavy atom. The van der Waals surface area contributed by atoms with Gasteiger partial charge in [-0.2, -0.15) is 4.98 Å². The minimum atomic E-state index is 0.280. The summed E-state index contributed by atoms with van der Waals surface area (Å²) in [6.07, 6.45) is 4.42. The maximum atomic E-state index is 5.31. The Morgan fingerprint density at radius 2 is 1.87 bits per heavy atom. The summed E-state index contributed by atoms with van der Waals surface area (Å²) >= 11 is 0. The molecule has 1 aliphatic heterocycles. The van der Waals surface area contributed by atoms with Crippen LogP contribution in [0.5, 0.6) is 0 Å². The van der Waals surface area contributed by atoms with Gasteiger partial charge in [-0.25, -0.2) is 0 Å². The topological polar surface area (TPSA) is 50.3 Å². The summed E-state index contributed by atoms with van der Waals surface area (Å²) < 4.78 is 7.57. The zero-order valence-corrected chi connectivity index (χ0v) is 14.6. The van der Waals surface area contributed by atoms with Gasteiger partial charge in [0.2, 0.25) is 5.89 Å². The van der Waals surface area contributed by atoms with Crippen LogP contribution in [0.1, 0.15) is 51.1 Å². The average Bonchev–Trinajstić information content (AvgIpc) is 3.17. The van der Waals surface area contributed by atoms with E-state index in [1.807, 2.05) is 0 Å². The Kier molecular flexibility index (Phi) is 4.71. The van der Waals surface area contributed by atoms with Crippen LogP contribution >= 0.6 is 0 Å². The molecule has 0 aliphatic carbocycles. The summed E-state index contributed by atoms with van der Waals surface area (Å²) in [6.45, 7) is 13.5. The number of piperazine rings is 1. The summed E-state index contributed by atoms with van der Waals surface area (Å²) in [4.78, 5) is 9.19. The van der Waals surface area contributed by atoms with E-state index in [4.69, 9.17) is 4.52 Å². The van der Waals surface area contributed by atoms with Crippen molar-refractivity contribution < 1.29 is 4.52 Å². The van der Waals surface area contributed by atoms with Gasteiger partial charge in [-0.05, 0) is 30.6 Å². The molecule has 1 saturated heterocycles. The molecule has 1 fully saturated rings. The van der Waals surface area contributed by atoms with Crippen LogP contribution in [-0.2, 0) is 6.54 Å². The molecule has 6 nitrogen and oxygen atoms in total. The van der Waals surface area contributed by atoms with Gasteiger partial charge >= 0.3 is 0 Å². The predicted molar refractivity (Wildman–Crippen MR) is 90.7 cm³/mol. The molecule has 2 aromatic rings. The average molecular weight is 317 g/mol. The molecule has 1 aliphatic rings. The van der Waals surface area contributed by atoms with Gasteiger partial charge in [0.1, 0.15) is 0 Å². The first kappa shape index (κ1) is 16.1. The minimum absolute atomic E-state index is 0.280. The largest absolute Gasteiger partial charge is 0.351 e. The standard InChI is InChI=1S/C17H27N5O/c1-13(2)16-18-17(19-23-16)21-9-7-20(8-10-21)11-15-5-6-22(12-15)14(3)4/h5-6,12-14H,7-11H2,1-4H3. The highest BCUT2D eigenvalue weighted by atomic mass is 16.5. The Hall–Kier alpha value is -1.82. The third kappa shape index (κ3) is 3.75. The molecular formula is C17H27N5O. The predicted octanol–water partition coefficient (Wildman–Crippen LogP) is 2.90. The molecule has 0 spiro atoms. The molecule has 0 N–H and O–H groups in total. The normalized spacial score (nSPS) is 16.7. The molecule has 0 aromatic carbocycles. The Labute approximate surface area is 138 Å². The van der Waals surface area contributed by atoms with Crippen LogP contribution in [-0.4, -0.2) is 45.8 Å². The van der Waals surface area contributed by atoms with Gasteiger partial charge < -0.3 is 14.0 Å². The van der Waals surface area contributed by atoms with E-state index in [2.05, 4.69) is 70.7 Å². The molecule has 0 radical (unpaired) electrons. The van der Waals surface area contributed by atoms with E-state index in [1.165, 1.54) is 5.56 Å². The zero-order chi connectivity index (χ0) is 16.4. The van der Waals surface area contributed by atoms with Crippen molar-refractivity contribution >= 4 is 5.95 Å². The van der Waals surface area contributed by atoms with E-state index >= 15 is 0 Å². The smallest absolute Gasteiger partial charge is 0.266 e. The molecule has 6 heteroatoms. The second-order valence-electron chi connectivity index (χ2n) is 6.91. The molecule has 0 bridgehead atoms. The molecule has 3 heterocycles. The molecule has 0 unspecified atom stereocenters. The van der Waals surface area contributed by atoms with E-state index in [1.54, 1.807) is 0 Å². The van der Waals surface area contributed by atoms with Crippen LogP contribution in [0.3, 0.4) is 0 Å². The number of nitrogens with zero attached hydrogens (tertiary/aromatic N) is 5. The van der Waals surface area contributed by atoms with Crippen molar-refractivity contribution in [2.24, 2.45) is 0 Å². The van der Waals surface area contributed by atoms with Crippen LogP contribution in [0.15, 0.2) is 23.0 Å². The van der Waals surface area contributed by atoms with E-state index in [0.717, 1.165) is 44.6 Å². The Balaban J connectivity index is 1.53. The van der Waals surface area contributed by atoms with Crippen molar-refractivity contribution in [1.82, 2.24) is 19.6 Å². The summed E-state index contributed by atoms with van der Waals surface area (Å²) in [5.74, 6) is 1.74. The van der Waals surface area contributed by atoms with E-state index in [-0.39, 0.29) is 5.92 Å². The third-order valence-corrected chi connectivity index (χ3v) is 4.36. The van der Waals surface area contributed by atoms with Crippen molar-refractivity contribution in [1.29, 1.82) is 0 Å². The van der Waals surface area contributed by atoms with Crippen molar-refractivity contribution in [3.63, 3.8) is 0 Å². The van der Waals surface area contributed by atoms with Gasteiger partial charge in [-0.15, -0.1) is 0 Å². The monoisotopic (exact) mass is 317 g/mol. The van der Waals surface area contributed by atoms with E-state index < -0.39 is 0 Å². The molecule has 3 rings (SSSR count). The van der Waals surface area contributed by atoms with Crippen molar-refractivity contribution in [2.75, 3.05) is 31.1 Å². The molecule has 126 valence electrons. The van der Waals surface area contributed by atoms with Crippen LogP contribution in [0.2, 0.25) is 0 Å². The number of hydrogen-bond donors (Lipinski definition) is 0. The fourth-order valence-electron chi connectivity index (χ4n) is 2.83. The van der Waals surface area contributed by atoms with E-state index in [9.17, 15) is 0 Å². The first-order valence-corrected chi connectivity index (χ1v) is 8.50. The first-order chi connectivity index (χ1) is 11.0. The molecule has 0 amide bonds. The molecule has 0 atom stereocenters. The second-order valence-corrected chi connectivity index (χ2v) is 6.91. The number of rotatable bonds is 5. The lowest BCUT2D eigenvalue weighted by Crippen LogP contribution is -2.46. The number of aromatic nitrogens is 3. The number of anilines is 1. The highest BCUT2D eigenvalue weighted by Gasteiger charge is 2.22. The van der Waals surface area contributed by atoms with Crippen molar-refractivity contribution in [3.05, 3.63) is 29.9 Å². The molecule has 23 heavy (non-hydrogen) atoms. The molecule has 0 saturated carbocycles. The SMILES string of the molecule is CC(C)c1nc(N2CCN(Cc3ccn(C(C)C)c3)CC2)no1. The fraction of sp³-hybridized carbons (Fsp3) is 0.647. The fourth-order valence-corrected chi connectivity index (χ4v) is 2.83. The third-order valence-electron chi connectivity index (χ3n) is 4.36. The molecule has 2 aromatic heterocycles. The van der Waals surface area contributed by atoms with Gasteiger partial charge in [0.05, 0.1) is 0 Å². The summed E-state index contributed by atoms with van der Waals surface area (Å²) in [5.41, 5.74) is 1.38. The second kappa shape index (κ2) is 6.74. The van der Waals surface area contributed by atoms with Gasteiger partial charge in [-0.1, -0.05) is 13.8 Å². The minimum Gasteiger partial charge on any atom is -0.351 e. The van der Waals surface area contributed by atoms with Gasteiger partial charge in [0.25, 0.3) is 5.95 Å². The Bertz CT molecular complexity index is 622. The Morgan fingerprint density at radius 1 is 1.13 bits per heavy atom. The van der Waals surface area contributed by atoms with Crippen molar-refractivity contribution in [2.45, 2.75) is 46.2 Å². The first-order valence-electron chi connectivity index (χ1n) is 8.50. The van der Waals surface area contributed by atoms with Crippen LogP contribution in [0.4, 0.5) is 5.95 Å². The maximum Gasteiger partial charge on any atom is 0.266 e. The summed E-state index contributed by atoms with van der Waals surface area (Å²) in [6, 6.07) is 2.74. The van der Waals surface area contributed by atoms with Crippen LogP contribution in [0.25, 0.3) is 0 Å². The van der Waals surface area contributed by atoms with Crippen LogP contribution < -0.4 is 4.90 Å².